The summed E-state index contributed by atoms with van der Waals surface area (Å²) in [6.07, 6.45) is 0.483. The number of hydrogen-bond donors (Lipinski definition) is 2. The minimum Gasteiger partial charge on any atom is -0.322 e. The molecule has 24 heavy (non-hydrogen) atoms. The predicted molar refractivity (Wildman–Crippen MR) is 87.9 cm³/mol. The maximum Gasteiger partial charge on any atom is 0.259 e. The van der Waals surface area contributed by atoms with Crippen LogP contribution in [-0.2, 0) is 4.79 Å². The molecule has 2 unspecified atom stereocenters. The van der Waals surface area contributed by atoms with Crippen LogP contribution in [0.15, 0.2) is 41.0 Å². The van der Waals surface area contributed by atoms with Crippen molar-refractivity contribution >= 4 is 39.2 Å². The van der Waals surface area contributed by atoms with Crippen LogP contribution in [0.5, 0.6) is 0 Å². The zero-order valence-electron chi connectivity index (χ0n) is 12.2. The standard InChI is InChI=1S/C16H12BrF2N3O2/c17-10-2-1-3-11(18)14(10)16(24)21-8-4-5-20-13(6-8)22-15(23)9-7-12(9)19/h1-6,9,12H,7H2,(H2,20,21,22,23,24). The SMILES string of the molecule is O=C(Nc1ccnc(NC(=O)C2CC2F)c1)c1c(F)cccc1Br. The van der Waals surface area contributed by atoms with E-state index in [9.17, 15) is 18.4 Å². The van der Waals surface area contributed by atoms with Crippen LogP contribution < -0.4 is 10.6 Å². The first-order chi connectivity index (χ1) is 11.5. The van der Waals surface area contributed by atoms with Gasteiger partial charge in [0, 0.05) is 22.4 Å². The van der Waals surface area contributed by atoms with Crippen molar-refractivity contribution in [2.45, 2.75) is 12.6 Å². The molecule has 1 aromatic heterocycles. The maximum atomic E-state index is 13.8. The Kier molecular flexibility index (Phi) is 4.57. The molecule has 1 aliphatic rings. The van der Waals surface area contributed by atoms with Gasteiger partial charge in [-0.1, -0.05) is 6.07 Å². The number of carbonyl (C=O) groups excluding carboxylic acids is 2. The first kappa shape index (κ1) is 16.5. The van der Waals surface area contributed by atoms with Crippen molar-refractivity contribution in [3.63, 3.8) is 0 Å². The van der Waals surface area contributed by atoms with Crippen molar-refractivity contribution in [2.24, 2.45) is 5.92 Å². The minimum atomic E-state index is -1.11. The normalized spacial score (nSPS) is 18.8. The van der Waals surface area contributed by atoms with Crippen molar-refractivity contribution in [1.82, 2.24) is 4.98 Å². The number of nitrogens with one attached hydrogen (secondary N) is 2. The molecule has 124 valence electrons. The molecule has 8 heteroatoms. The smallest absolute Gasteiger partial charge is 0.259 e. The maximum absolute atomic E-state index is 13.8. The van der Waals surface area contributed by atoms with Gasteiger partial charge in [0.2, 0.25) is 5.91 Å². The number of amides is 2. The van der Waals surface area contributed by atoms with E-state index in [0.29, 0.717) is 10.2 Å². The summed E-state index contributed by atoms with van der Waals surface area (Å²) in [5, 5.41) is 5.02. The Morgan fingerprint density at radius 2 is 2.00 bits per heavy atom. The molecule has 2 atom stereocenters. The predicted octanol–water partition coefficient (Wildman–Crippen LogP) is 3.53. The van der Waals surface area contributed by atoms with Gasteiger partial charge in [-0.15, -0.1) is 0 Å². The van der Waals surface area contributed by atoms with E-state index in [1.165, 1.54) is 30.5 Å². The largest absolute Gasteiger partial charge is 0.322 e. The molecule has 0 radical (unpaired) electrons. The molecule has 1 aliphatic carbocycles. The Bertz CT molecular complexity index is 795. The van der Waals surface area contributed by atoms with E-state index in [4.69, 9.17) is 0 Å². The van der Waals surface area contributed by atoms with E-state index in [0.717, 1.165) is 0 Å². The van der Waals surface area contributed by atoms with Gasteiger partial charge in [-0.3, -0.25) is 9.59 Å². The summed E-state index contributed by atoms with van der Waals surface area (Å²) in [6, 6.07) is 7.13. The van der Waals surface area contributed by atoms with Crippen LogP contribution in [0.25, 0.3) is 0 Å². The summed E-state index contributed by atoms with van der Waals surface area (Å²) in [5.41, 5.74) is 0.200. The van der Waals surface area contributed by atoms with Crippen LogP contribution in [0.2, 0.25) is 0 Å². The fourth-order valence-corrected chi connectivity index (χ4v) is 2.66. The van der Waals surface area contributed by atoms with Crippen LogP contribution in [0.4, 0.5) is 20.3 Å². The van der Waals surface area contributed by atoms with Gasteiger partial charge >= 0.3 is 0 Å². The minimum absolute atomic E-state index is 0.127. The molecule has 0 spiro atoms. The Hall–Kier alpha value is -2.35. The summed E-state index contributed by atoms with van der Waals surface area (Å²) in [5.74, 6) is -2.21. The second-order valence-electron chi connectivity index (χ2n) is 5.33. The van der Waals surface area contributed by atoms with Gasteiger partial charge in [0.05, 0.1) is 11.5 Å². The molecule has 1 saturated carbocycles. The Morgan fingerprint density at radius 1 is 1.25 bits per heavy atom. The number of benzene rings is 1. The number of anilines is 2. The third-order valence-corrected chi connectivity index (χ3v) is 4.17. The van der Waals surface area contributed by atoms with Crippen molar-refractivity contribution in [1.29, 1.82) is 0 Å². The van der Waals surface area contributed by atoms with Gasteiger partial charge in [-0.05, 0) is 40.5 Å². The molecule has 0 aliphatic heterocycles. The third-order valence-electron chi connectivity index (χ3n) is 3.51. The fourth-order valence-electron chi connectivity index (χ4n) is 2.14. The lowest BCUT2D eigenvalue weighted by atomic mass is 10.2. The van der Waals surface area contributed by atoms with E-state index in [2.05, 4.69) is 31.5 Å². The van der Waals surface area contributed by atoms with Gasteiger partial charge in [-0.2, -0.15) is 0 Å². The molecule has 1 fully saturated rings. The highest BCUT2D eigenvalue weighted by atomic mass is 79.9. The van der Waals surface area contributed by atoms with Gasteiger partial charge in [0.15, 0.2) is 0 Å². The number of hydrogen-bond acceptors (Lipinski definition) is 3. The zero-order valence-corrected chi connectivity index (χ0v) is 13.8. The average Bonchev–Trinajstić information content (AvgIpc) is 3.24. The first-order valence-electron chi connectivity index (χ1n) is 7.12. The number of alkyl halides is 1. The van der Waals surface area contributed by atoms with E-state index in [-0.39, 0.29) is 17.8 Å². The second-order valence-corrected chi connectivity index (χ2v) is 6.18. The van der Waals surface area contributed by atoms with Crippen LogP contribution in [0.3, 0.4) is 0 Å². The van der Waals surface area contributed by atoms with Crippen molar-refractivity contribution in [3.8, 4) is 0 Å². The summed E-state index contributed by atoms with van der Waals surface area (Å²) >= 11 is 3.13. The second kappa shape index (κ2) is 6.64. The van der Waals surface area contributed by atoms with Crippen LogP contribution >= 0.6 is 15.9 Å². The Labute approximate surface area is 144 Å². The first-order valence-corrected chi connectivity index (χ1v) is 7.91. The van der Waals surface area contributed by atoms with Crippen LogP contribution in [0, 0.1) is 11.7 Å². The van der Waals surface area contributed by atoms with E-state index in [1.807, 2.05) is 0 Å². The quantitative estimate of drug-likeness (QED) is 0.831. The average molecular weight is 396 g/mol. The highest BCUT2D eigenvalue weighted by Crippen LogP contribution is 2.34. The molecule has 2 amide bonds. The van der Waals surface area contributed by atoms with E-state index >= 15 is 0 Å². The number of aromatic nitrogens is 1. The van der Waals surface area contributed by atoms with Gasteiger partial charge in [0.25, 0.3) is 5.91 Å². The van der Waals surface area contributed by atoms with Crippen molar-refractivity contribution in [2.75, 3.05) is 10.6 Å². The molecule has 3 rings (SSSR count). The summed E-state index contributed by atoms with van der Waals surface area (Å²) in [7, 11) is 0. The van der Waals surface area contributed by atoms with E-state index in [1.54, 1.807) is 6.07 Å². The molecule has 0 saturated heterocycles. The number of halogens is 3. The van der Waals surface area contributed by atoms with Gasteiger partial charge in [0.1, 0.15) is 17.8 Å². The van der Waals surface area contributed by atoms with Gasteiger partial charge < -0.3 is 10.6 Å². The lowest BCUT2D eigenvalue weighted by Crippen LogP contribution is -2.17. The highest BCUT2D eigenvalue weighted by molar-refractivity contribution is 9.10. The zero-order chi connectivity index (χ0) is 17.3. The molecule has 1 heterocycles. The molecule has 1 aromatic carbocycles. The van der Waals surface area contributed by atoms with Crippen LogP contribution in [-0.4, -0.2) is 23.0 Å². The molecular weight excluding hydrogens is 384 g/mol. The molecule has 0 bridgehead atoms. The third kappa shape index (κ3) is 3.59. The topological polar surface area (TPSA) is 71.1 Å². The Balaban J connectivity index is 1.72. The van der Waals surface area contributed by atoms with Crippen LogP contribution in [0.1, 0.15) is 16.8 Å². The van der Waals surface area contributed by atoms with E-state index < -0.39 is 29.7 Å². The number of carbonyl (C=O) groups is 2. The molecule has 2 aromatic rings. The molecular formula is C16H12BrF2N3O2. The lowest BCUT2D eigenvalue weighted by molar-refractivity contribution is -0.117. The highest BCUT2D eigenvalue weighted by Gasteiger charge is 2.43. The van der Waals surface area contributed by atoms with Crippen molar-refractivity contribution < 1.29 is 18.4 Å². The monoisotopic (exact) mass is 395 g/mol. The number of pyridine rings is 1. The summed E-state index contributed by atoms with van der Waals surface area (Å²) in [6.45, 7) is 0. The van der Waals surface area contributed by atoms with Crippen molar-refractivity contribution in [3.05, 3.63) is 52.4 Å². The number of rotatable bonds is 4. The molecule has 2 N–H and O–H groups in total. The summed E-state index contributed by atoms with van der Waals surface area (Å²) < 4.78 is 27.0. The Morgan fingerprint density at radius 3 is 2.67 bits per heavy atom. The van der Waals surface area contributed by atoms with Gasteiger partial charge in [-0.25, -0.2) is 13.8 Å². The lowest BCUT2D eigenvalue weighted by Gasteiger charge is -2.09. The summed E-state index contributed by atoms with van der Waals surface area (Å²) in [4.78, 5) is 27.8. The number of nitrogens with zero attached hydrogens (tertiary/aromatic N) is 1. The molecule has 5 nitrogen and oxygen atoms in total. The fraction of sp³-hybridized carbons (Fsp3) is 0.188.